The third-order valence-corrected chi connectivity index (χ3v) is 4.96. The molecular formula is C17H17N3O4S. The van der Waals surface area contributed by atoms with Gasteiger partial charge in [0.25, 0.3) is 0 Å². The topological polar surface area (TPSA) is 94.3 Å². The number of benzene rings is 2. The lowest BCUT2D eigenvalue weighted by Crippen LogP contribution is -2.23. The summed E-state index contributed by atoms with van der Waals surface area (Å²) in [4.78, 5) is 4.39. The average molecular weight is 359 g/mol. The average Bonchev–Trinajstić information content (AvgIpc) is 3.10. The molecule has 0 atom stereocenters. The fourth-order valence-electron chi connectivity index (χ4n) is 2.16. The van der Waals surface area contributed by atoms with Gasteiger partial charge in [-0.3, -0.25) is 0 Å². The molecule has 0 aliphatic heterocycles. The van der Waals surface area contributed by atoms with Gasteiger partial charge in [0.2, 0.25) is 21.7 Å². The van der Waals surface area contributed by atoms with Crippen LogP contribution in [0.5, 0.6) is 5.75 Å². The highest BCUT2D eigenvalue weighted by molar-refractivity contribution is 7.89. The van der Waals surface area contributed by atoms with Gasteiger partial charge in [-0.05, 0) is 31.2 Å². The molecule has 0 aliphatic carbocycles. The molecular weight excluding hydrogens is 342 g/mol. The first-order valence-corrected chi connectivity index (χ1v) is 8.99. The number of nitrogens with one attached hydrogen (secondary N) is 1. The van der Waals surface area contributed by atoms with E-state index in [0.717, 1.165) is 11.1 Å². The molecule has 1 N–H and O–H groups in total. The first kappa shape index (κ1) is 17.1. The Morgan fingerprint density at radius 3 is 2.64 bits per heavy atom. The van der Waals surface area contributed by atoms with E-state index in [2.05, 4.69) is 14.9 Å². The molecule has 0 aliphatic rings. The Bertz CT molecular complexity index is 966. The summed E-state index contributed by atoms with van der Waals surface area (Å²) in [7, 11) is -2.07. The summed E-state index contributed by atoms with van der Waals surface area (Å²) in [6.45, 7) is 1.80. The minimum Gasteiger partial charge on any atom is -0.497 e. The van der Waals surface area contributed by atoms with Crippen molar-refractivity contribution in [3.8, 4) is 17.1 Å². The Labute approximate surface area is 145 Å². The van der Waals surface area contributed by atoms with Gasteiger partial charge in [-0.25, -0.2) is 13.1 Å². The molecule has 1 heterocycles. The summed E-state index contributed by atoms with van der Waals surface area (Å²) in [5.41, 5.74) is 1.70. The van der Waals surface area contributed by atoms with Crippen molar-refractivity contribution in [1.29, 1.82) is 0 Å². The van der Waals surface area contributed by atoms with Gasteiger partial charge < -0.3 is 9.26 Å². The normalized spacial score (nSPS) is 11.4. The van der Waals surface area contributed by atoms with Crippen molar-refractivity contribution in [2.45, 2.75) is 18.4 Å². The predicted molar refractivity (Wildman–Crippen MR) is 91.5 cm³/mol. The van der Waals surface area contributed by atoms with Crippen LogP contribution in [0.2, 0.25) is 0 Å². The van der Waals surface area contributed by atoms with Gasteiger partial charge in [-0.15, -0.1) is 0 Å². The molecule has 3 aromatic rings. The van der Waals surface area contributed by atoms with E-state index in [-0.39, 0.29) is 17.3 Å². The Kier molecular flexibility index (Phi) is 4.82. The number of ether oxygens (including phenoxy) is 1. The van der Waals surface area contributed by atoms with Crippen molar-refractivity contribution in [1.82, 2.24) is 14.9 Å². The highest BCUT2D eigenvalue weighted by Crippen LogP contribution is 2.21. The molecule has 0 saturated heterocycles. The van der Waals surface area contributed by atoms with Crippen molar-refractivity contribution in [2.24, 2.45) is 0 Å². The lowest BCUT2D eigenvalue weighted by Gasteiger charge is -2.04. The Morgan fingerprint density at radius 1 is 1.16 bits per heavy atom. The van der Waals surface area contributed by atoms with Crippen LogP contribution in [-0.4, -0.2) is 25.7 Å². The Balaban J connectivity index is 1.72. The van der Waals surface area contributed by atoms with Crippen LogP contribution < -0.4 is 9.46 Å². The highest BCUT2D eigenvalue weighted by Gasteiger charge is 2.16. The summed E-state index contributed by atoms with van der Waals surface area (Å²) in [5, 5.41) is 3.87. The van der Waals surface area contributed by atoms with Gasteiger partial charge in [0, 0.05) is 5.56 Å². The van der Waals surface area contributed by atoms with Crippen LogP contribution >= 0.6 is 0 Å². The molecule has 0 bridgehead atoms. The number of aryl methyl sites for hydroxylation is 1. The summed E-state index contributed by atoms with van der Waals surface area (Å²) < 4.78 is 37.2. The van der Waals surface area contributed by atoms with E-state index < -0.39 is 10.0 Å². The zero-order chi connectivity index (χ0) is 17.9. The zero-order valence-corrected chi connectivity index (χ0v) is 14.6. The van der Waals surface area contributed by atoms with Crippen LogP contribution in [0.25, 0.3) is 11.4 Å². The van der Waals surface area contributed by atoms with E-state index in [9.17, 15) is 8.42 Å². The molecule has 2 aromatic carbocycles. The maximum Gasteiger partial charge on any atom is 0.242 e. The smallest absolute Gasteiger partial charge is 0.242 e. The van der Waals surface area contributed by atoms with E-state index in [1.54, 1.807) is 43.5 Å². The quantitative estimate of drug-likeness (QED) is 0.727. The zero-order valence-electron chi connectivity index (χ0n) is 13.8. The van der Waals surface area contributed by atoms with Crippen molar-refractivity contribution in [3.63, 3.8) is 0 Å². The molecule has 7 nitrogen and oxygen atoms in total. The summed E-state index contributed by atoms with van der Waals surface area (Å²) in [6, 6.07) is 13.8. The summed E-state index contributed by atoms with van der Waals surface area (Å²) in [6.07, 6.45) is 0. The van der Waals surface area contributed by atoms with Gasteiger partial charge >= 0.3 is 0 Å². The van der Waals surface area contributed by atoms with Crippen LogP contribution in [0.3, 0.4) is 0 Å². The molecule has 3 rings (SSSR count). The third kappa shape index (κ3) is 4.04. The standard InChI is InChI=1S/C17H17N3O4S/c1-12-6-8-15(9-7-12)25(21,22)18-11-16-19-17(20-24-16)13-4-3-5-14(10-13)23-2/h3-10,18H,11H2,1-2H3. The lowest BCUT2D eigenvalue weighted by atomic mass is 10.2. The van der Waals surface area contributed by atoms with E-state index >= 15 is 0 Å². The number of nitrogens with zero attached hydrogens (tertiary/aromatic N) is 2. The van der Waals surface area contributed by atoms with Crippen LogP contribution in [0.1, 0.15) is 11.5 Å². The summed E-state index contributed by atoms with van der Waals surface area (Å²) >= 11 is 0. The van der Waals surface area contributed by atoms with Gasteiger partial charge in [-0.2, -0.15) is 4.98 Å². The molecule has 0 fully saturated rings. The lowest BCUT2D eigenvalue weighted by molar-refractivity contribution is 0.376. The second kappa shape index (κ2) is 7.04. The van der Waals surface area contributed by atoms with E-state index in [1.165, 1.54) is 0 Å². The van der Waals surface area contributed by atoms with E-state index in [1.807, 2.05) is 19.1 Å². The summed E-state index contributed by atoms with van der Waals surface area (Å²) in [5.74, 6) is 1.21. The minimum atomic E-state index is -3.64. The number of hydrogen-bond donors (Lipinski definition) is 1. The fourth-order valence-corrected chi connectivity index (χ4v) is 3.14. The molecule has 0 spiro atoms. The van der Waals surface area contributed by atoms with Crippen molar-refractivity contribution >= 4 is 10.0 Å². The molecule has 0 amide bonds. The Morgan fingerprint density at radius 2 is 1.92 bits per heavy atom. The minimum absolute atomic E-state index is 0.0901. The number of methoxy groups -OCH3 is 1. The van der Waals surface area contributed by atoms with Crippen molar-refractivity contribution in [2.75, 3.05) is 7.11 Å². The second-order valence-corrected chi connectivity index (χ2v) is 7.15. The third-order valence-electron chi connectivity index (χ3n) is 3.54. The van der Waals surface area contributed by atoms with Gasteiger partial charge in [-0.1, -0.05) is 35.0 Å². The van der Waals surface area contributed by atoms with Crippen LogP contribution in [0.15, 0.2) is 57.9 Å². The molecule has 8 heteroatoms. The van der Waals surface area contributed by atoms with Gasteiger partial charge in [0.1, 0.15) is 5.75 Å². The molecule has 1 aromatic heterocycles. The maximum absolute atomic E-state index is 12.3. The number of sulfonamides is 1. The predicted octanol–water partition coefficient (Wildman–Crippen LogP) is 2.53. The first-order valence-electron chi connectivity index (χ1n) is 7.51. The number of rotatable bonds is 6. The highest BCUT2D eigenvalue weighted by atomic mass is 32.2. The van der Waals surface area contributed by atoms with E-state index in [0.29, 0.717) is 11.6 Å². The number of hydrogen-bond acceptors (Lipinski definition) is 6. The van der Waals surface area contributed by atoms with Crippen LogP contribution in [-0.2, 0) is 16.6 Å². The largest absolute Gasteiger partial charge is 0.497 e. The number of aromatic nitrogens is 2. The molecule has 0 saturated carbocycles. The molecule has 25 heavy (non-hydrogen) atoms. The van der Waals surface area contributed by atoms with Crippen LogP contribution in [0, 0.1) is 6.92 Å². The van der Waals surface area contributed by atoms with Crippen molar-refractivity contribution in [3.05, 3.63) is 60.0 Å². The van der Waals surface area contributed by atoms with Gasteiger partial charge in [0.15, 0.2) is 0 Å². The van der Waals surface area contributed by atoms with Gasteiger partial charge in [0.05, 0.1) is 18.6 Å². The Hall–Kier alpha value is -2.71. The second-order valence-electron chi connectivity index (χ2n) is 5.38. The first-order chi connectivity index (χ1) is 12.0. The monoisotopic (exact) mass is 359 g/mol. The molecule has 130 valence electrons. The molecule has 0 radical (unpaired) electrons. The maximum atomic E-state index is 12.3. The molecule has 0 unspecified atom stereocenters. The SMILES string of the molecule is COc1cccc(-c2noc(CNS(=O)(=O)c3ccc(C)cc3)n2)c1. The van der Waals surface area contributed by atoms with Crippen molar-refractivity contribution < 1.29 is 17.7 Å². The van der Waals surface area contributed by atoms with E-state index in [4.69, 9.17) is 9.26 Å². The van der Waals surface area contributed by atoms with Crippen LogP contribution in [0.4, 0.5) is 0 Å². The fraction of sp³-hybridized carbons (Fsp3) is 0.176.